The van der Waals surface area contributed by atoms with Gasteiger partial charge in [-0.25, -0.2) is 0 Å². The van der Waals surface area contributed by atoms with E-state index in [-0.39, 0.29) is 0 Å². The Morgan fingerprint density at radius 2 is 1.18 bits per heavy atom. The molecule has 2 rings (SSSR count). The van der Waals surface area contributed by atoms with Crippen LogP contribution >= 0.6 is 47.8 Å². The van der Waals surface area contributed by atoms with Crippen molar-refractivity contribution in [3.8, 4) is 0 Å². The van der Waals surface area contributed by atoms with Gasteiger partial charge < -0.3 is 0 Å². The van der Waals surface area contributed by atoms with Crippen molar-refractivity contribution < 1.29 is 0 Å². The molecule has 17 heavy (non-hydrogen) atoms. The van der Waals surface area contributed by atoms with E-state index in [0.717, 1.165) is 19.8 Å². The average molecular weight is 417 g/mol. The predicted molar refractivity (Wildman–Crippen MR) is 87.0 cm³/mol. The van der Waals surface area contributed by atoms with E-state index in [1.54, 1.807) is 0 Å². The standard InChI is InChI=1S/C13H10BBr3/c14-10-2-8(3-11(15)6-10)1-9-4-12(16)7-13(17)5-9/h2-7H,1,14H2. The monoisotopic (exact) mass is 414 g/mol. The fourth-order valence-electron chi connectivity index (χ4n) is 1.86. The van der Waals surface area contributed by atoms with E-state index in [4.69, 9.17) is 0 Å². The summed E-state index contributed by atoms with van der Waals surface area (Å²) in [6, 6.07) is 12.9. The summed E-state index contributed by atoms with van der Waals surface area (Å²) in [5.74, 6) is 0. The molecule has 0 unspecified atom stereocenters. The van der Waals surface area contributed by atoms with Crippen LogP contribution in [0.2, 0.25) is 0 Å². The molecule has 0 saturated heterocycles. The first-order valence-corrected chi connectivity index (χ1v) is 7.62. The molecule has 0 bridgehead atoms. The quantitative estimate of drug-likeness (QED) is 0.653. The minimum Gasteiger partial charge on any atom is -0.0876 e. The Bertz CT molecular complexity index is 462. The van der Waals surface area contributed by atoms with Gasteiger partial charge in [-0.1, -0.05) is 65.4 Å². The number of halogens is 3. The Morgan fingerprint density at radius 3 is 1.71 bits per heavy atom. The van der Waals surface area contributed by atoms with E-state index >= 15 is 0 Å². The lowest BCUT2D eigenvalue weighted by molar-refractivity contribution is 1.18. The molecule has 2 aromatic carbocycles. The van der Waals surface area contributed by atoms with Crippen LogP contribution in [0.3, 0.4) is 0 Å². The number of hydrogen-bond donors (Lipinski definition) is 0. The second-order valence-corrected chi connectivity index (χ2v) is 6.84. The zero-order chi connectivity index (χ0) is 12.4. The molecular formula is C13H10BBr3. The molecule has 0 aliphatic rings. The van der Waals surface area contributed by atoms with Crippen LogP contribution in [0.25, 0.3) is 0 Å². The summed E-state index contributed by atoms with van der Waals surface area (Å²) < 4.78 is 3.35. The molecule has 0 heterocycles. The lowest BCUT2D eigenvalue weighted by atomic mass is 9.92. The summed E-state index contributed by atoms with van der Waals surface area (Å²) in [6.07, 6.45) is 0.943. The Kier molecular flexibility index (Phi) is 4.50. The number of hydrogen-bond acceptors (Lipinski definition) is 0. The molecule has 0 N–H and O–H groups in total. The molecule has 0 nitrogen and oxygen atoms in total. The first kappa shape index (κ1) is 13.4. The topological polar surface area (TPSA) is 0 Å². The summed E-state index contributed by atoms with van der Waals surface area (Å²) in [6.45, 7) is 0. The predicted octanol–water partition coefficient (Wildman–Crippen LogP) is 3.82. The van der Waals surface area contributed by atoms with Gasteiger partial charge in [0.25, 0.3) is 0 Å². The number of benzene rings is 2. The molecule has 0 radical (unpaired) electrons. The Hall–Kier alpha value is -0.0551. The van der Waals surface area contributed by atoms with Crippen LogP contribution in [0.15, 0.2) is 49.8 Å². The van der Waals surface area contributed by atoms with Crippen LogP contribution in [0, 0.1) is 0 Å². The van der Waals surface area contributed by atoms with Crippen molar-refractivity contribution in [1.82, 2.24) is 0 Å². The van der Waals surface area contributed by atoms with Gasteiger partial charge >= 0.3 is 0 Å². The lowest BCUT2D eigenvalue weighted by Crippen LogP contribution is -2.03. The first-order valence-electron chi connectivity index (χ1n) is 5.24. The summed E-state index contributed by atoms with van der Waals surface area (Å²) >= 11 is 10.6. The van der Waals surface area contributed by atoms with Crippen molar-refractivity contribution in [2.75, 3.05) is 0 Å². The normalized spacial score (nSPS) is 10.5. The first-order chi connectivity index (χ1) is 8.02. The van der Waals surface area contributed by atoms with Crippen LogP contribution in [0.1, 0.15) is 11.1 Å². The smallest absolute Gasteiger partial charge is 0.0876 e. The Balaban J connectivity index is 2.31. The molecule has 0 atom stereocenters. The summed E-state index contributed by atoms with van der Waals surface area (Å²) in [5.41, 5.74) is 3.90. The van der Waals surface area contributed by atoms with Crippen molar-refractivity contribution in [3.05, 3.63) is 60.9 Å². The van der Waals surface area contributed by atoms with Gasteiger partial charge in [-0.15, -0.1) is 0 Å². The van der Waals surface area contributed by atoms with Crippen LogP contribution in [0.5, 0.6) is 0 Å². The Labute approximate surface area is 128 Å². The molecule has 0 spiro atoms. The van der Waals surface area contributed by atoms with E-state index in [9.17, 15) is 0 Å². The molecular weight excluding hydrogens is 407 g/mol. The van der Waals surface area contributed by atoms with Gasteiger partial charge in [0.15, 0.2) is 0 Å². The fourth-order valence-corrected chi connectivity index (χ4v) is 3.91. The molecule has 86 valence electrons. The third kappa shape index (κ3) is 3.97. The average Bonchev–Trinajstić information content (AvgIpc) is 2.13. The largest absolute Gasteiger partial charge is 0.139 e. The highest BCUT2D eigenvalue weighted by Gasteiger charge is 2.01. The lowest BCUT2D eigenvalue weighted by Gasteiger charge is -2.06. The molecule has 0 saturated carbocycles. The van der Waals surface area contributed by atoms with Crippen molar-refractivity contribution in [1.29, 1.82) is 0 Å². The Morgan fingerprint density at radius 1 is 0.706 bits per heavy atom. The van der Waals surface area contributed by atoms with Gasteiger partial charge in [0.2, 0.25) is 0 Å². The third-order valence-corrected chi connectivity index (χ3v) is 3.81. The zero-order valence-electron chi connectivity index (χ0n) is 9.31. The second-order valence-electron chi connectivity index (χ2n) is 4.09. The van der Waals surface area contributed by atoms with Crippen molar-refractivity contribution in [3.63, 3.8) is 0 Å². The van der Waals surface area contributed by atoms with Gasteiger partial charge in [0.05, 0.1) is 0 Å². The van der Waals surface area contributed by atoms with Crippen LogP contribution in [-0.4, -0.2) is 7.85 Å². The van der Waals surface area contributed by atoms with E-state index in [0.29, 0.717) is 0 Å². The van der Waals surface area contributed by atoms with Crippen molar-refractivity contribution >= 4 is 61.1 Å². The highest BCUT2D eigenvalue weighted by atomic mass is 79.9. The van der Waals surface area contributed by atoms with Gasteiger partial charge in [-0.2, -0.15) is 0 Å². The van der Waals surface area contributed by atoms with E-state index < -0.39 is 0 Å². The molecule has 0 amide bonds. The van der Waals surface area contributed by atoms with E-state index in [1.165, 1.54) is 16.6 Å². The van der Waals surface area contributed by atoms with Gasteiger partial charge in [-0.05, 0) is 41.8 Å². The second kappa shape index (κ2) is 5.72. The van der Waals surface area contributed by atoms with Gasteiger partial charge in [0.1, 0.15) is 7.85 Å². The molecule has 4 heteroatoms. The van der Waals surface area contributed by atoms with Crippen LogP contribution in [-0.2, 0) is 6.42 Å². The molecule has 0 aromatic heterocycles. The minimum absolute atomic E-state index is 0.943. The van der Waals surface area contributed by atoms with Crippen LogP contribution < -0.4 is 5.46 Å². The molecule has 2 aromatic rings. The van der Waals surface area contributed by atoms with Gasteiger partial charge in [-0.3, -0.25) is 0 Å². The zero-order valence-corrected chi connectivity index (χ0v) is 14.1. The van der Waals surface area contributed by atoms with Crippen LogP contribution in [0.4, 0.5) is 0 Å². The summed E-state index contributed by atoms with van der Waals surface area (Å²) in [7, 11) is 2.12. The highest BCUT2D eigenvalue weighted by Crippen LogP contribution is 2.22. The SMILES string of the molecule is Bc1cc(Br)cc(Cc2cc(Br)cc(Br)c2)c1. The highest BCUT2D eigenvalue weighted by molar-refractivity contribution is 9.11. The third-order valence-electron chi connectivity index (χ3n) is 2.43. The maximum Gasteiger partial charge on any atom is 0.139 e. The maximum atomic E-state index is 3.54. The maximum absolute atomic E-state index is 3.54. The molecule has 0 fully saturated rings. The van der Waals surface area contributed by atoms with Crippen molar-refractivity contribution in [2.24, 2.45) is 0 Å². The fraction of sp³-hybridized carbons (Fsp3) is 0.0769. The molecule has 0 aliphatic carbocycles. The minimum atomic E-state index is 0.943. The van der Waals surface area contributed by atoms with E-state index in [1.807, 2.05) is 0 Å². The van der Waals surface area contributed by atoms with E-state index in [2.05, 4.69) is 92.0 Å². The molecule has 0 aliphatic heterocycles. The van der Waals surface area contributed by atoms with Crippen molar-refractivity contribution in [2.45, 2.75) is 6.42 Å². The summed E-state index contributed by atoms with van der Waals surface area (Å²) in [5, 5.41) is 0. The summed E-state index contributed by atoms with van der Waals surface area (Å²) in [4.78, 5) is 0. The van der Waals surface area contributed by atoms with Gasteiger partial charge in [0, 0.05) is 13.4 Å². The number of rotatable bonds is 2.